The second kappa shape index (κ2) is 8.10. The topological polar surface area (TPSA) is 69.7 Å². The molecule has 0 saturated heterocycles. The zero-order valence-electron chi connectivity index (χ0n) is 18.9. The zero-order valence-corrected chi connectivity index (χ0v) is 18.9. The van der Waals surface area contributed by atoms with Gasteiger partial charge in [0.25, 0.3) is 0 Å². The number of hydrogen-bond donors (Lipinski definition) is 1. The van der Waals surface area contributed by atoms with E-state index in [2.05, 4.69) is 47.4 Å². The van der Waals surface area contributed by atoms with Crippen molar-refractivity contribution in [2.75, 3.05) is 14.2 Å². The number of amidine groups is 1. The summed E-state index contributed by atoms with van der Waals surface area (Å²) in [5, 5.41) is 0. The Labute approximate surface area is 193 Å². The van der Waals surface area contributed by atoms with Crippen LogP contribution in [0.25, 0.3) is 11.1 Å². The van der Waals surface area contributed by atoms with E-state index in [-0.39, 0.29) is 0 Å². The Hall–Kier alpha value is -4.12. The van der Waals surface area contributed by atoms with Crippen molar-refractivity contribution in [2.45, 2.75) is 12.5 Å². The summed E-state index contributed by atoms with van der Waals surface area (Å²) < 4.78 is 10.9. The SMILES string of the molecule is COc1cncc(-c2cccc(C3(c4ccc(OC)c(C)c4)N=C(N)c4ccccc43)c2)c1. The molecule has 0 fully saturated rings. The third kappa shape index (κ3) is 3.33. The lowest BCUT2D eigenvalue weighted by atomic mass is 9.76. The summed E-state index contributed by atoms with van der Waals surface area (Å²) in [5.41, 5.74) is 12.8. The van der Waals surface area contributed by atoms with Gasteiger partial charge in [-0.1, -0.05) is 48.5 Å². The predicted octanol–water partition coefficient (Wildman–Crippen LogP) is 5.09. The molecule has 1 aliphatic heterocycles. The number of nitrogens with two attached hydrogens (primary N) is 1. The highest BCUT2D eigenvalue weighted by Gasteiger charge is 2.43. The molecule has 0 bridgehead atoms. The highest BCUT2D eigenvalue weighted by Crippen LogP contribution is 2.47. The summed E-state index contributed by atoms with van der Waals surface area (Å²) >= 11 is 0. The van der Waals surface area contributed by atoms with Crippen LogP contribution in [0, 0.1) is 6.92 Å². The minimum Gasteiger partial charge on any atom is -0.496 e. The molecular weight excluding hydrogens is 410 g/mol. The molecule has 0 amide bonds. The Morgan fingerprint density at radius 2 is 1.61 bits per heavy atom. The Morgan fingerprint density at radius 1 is 0.788 bits per heavy atom. The van der Waals surface area contributed by atoms with Gasteiger partial charge in [-0.05, 0) is 59.0 Å². The van der Waals surface area contributed by atoms with E-state index in [0.717, 1.165) is 44.7 Å². The maximum atomic E-state index is 6.48. The highest BCUT2D eigenvalue weighted by atomic mass is 16.5. The van der Waals surface area contributed by atoms with Crippen LogP contribution in [0.1, 0.15) is 27.8 Å². The van der Waals surface area contributed by atoms with Gasteiger partial charge in [0.05, 0.1) is 20.4 Å². The Bertz CT molecular complexity index is 1380. The van der Waals surface area contributed by atoms with Crippen LogP contribution in [0.2, 0.25) is 0 Å². The molecule has 1 aliphatic rings. The van der Waals surface area contributed by atoms with Crippen molar-refractivity contribution in [1.29, 1.82) is 0 Å². The van der Waals surface area contributed by atoms with Crippen LogP contribution in [-0.4, -0.2) is 25.0 Å². The van der Waals surface area contributed by atoms with E-state index in [9.17, 15) is 0 Å². The molecule has 0 aliphatic carbocycles. The molecule has 1 atom stereocenters. The van der Waals surface area contributed by atoms with Gasteiger partial charge < -0.3 is 15.2 Å². The van der Waals surface area contributed by atoms with Crippen LogP contribution in [-0.2, 0) is 5.54 Å². The fourth-order valence-electron chi connectivity index (χ4n) is 4.65. The molecule has 2 N–H and O–H groups in total. The van der Waals surface area contributed by atoms with Gasteiger partial charge in [0.1, 0.15) is 22.9 Å². The molecular formula is C28H25N3O2. The molecule has 5 rings (SSSR count). The molecule has 33 heavy (non-hydrogen) atoms. The first-order chi connectivity index (χ1) is 16.1. The van der Waals surface area contributed by atoms with Crippen molar-refractivity contribution < 1.29 is 9.47 Å². The number of benzene rings is 3. The van der Waals surface area contributed by atoms with Crippen molar-refractivity contribution in [3.63, 3.8) is 0 Å². The van der Waals surface area contributed by atoms with Gasteiger partial charge in [-0.2, -0.15) is 0 Å². The van der Waals surface area contributed by atoms with Gasteiger partial charge in [0, 0.05) is 17.3 Å². The number of ether oxygens (including phenoxy) is 2. The van der Waals surface area contributed by atoms with E-state index in [1.54, 1.807) is 20.4 Å². The second-order valence-corrected chi connectivity index (χ2v) is 8.13. The third-order valence-corrected chi connectivity index (χ3v) is 6.26. The molecule has 4 aromatic rings. The average Bonchev–Trinajstić information content (AvgIpc) is 3.17. The van der Waals surface area contributed by atoms with Crippen molar-refractivity contribution >= 4 is 5.84 Å². The number of hydrogen-bond acceptors (Lipinski definition) is 5. The first-order valence-electron chi connectivity index (χ1n) is 10.8. The lowest BCUT2D eigenvalue weighted by molar-refractivity contribution is 0.411. The molecule has 1 unspecified atom stereocenters. The van der Waals surface area contributed by atoms with Gasteiger partial charge in [0.15, 0.2) is 0 Å². The molecule has 0 saturated carbocycles. The number of pyridine rings is 1. The fourth-order valence-corrected chi connectivity index (χ4v) is 4.65. The summed E-state index contributed by atoms with van der Waals surface area (Å²) in [4.78, 5) is 9.43. The van der Waals surface area contributed by atoms with E-state index in [4.69, 9.17) is 20.2 Å². The Morgan fingerprint density at radius 3 is 2.39 bits per heavy atom. The minimum absolute atomic E-state index is 0.535. The van der Waals surface area contributed by atoms with Gasteiger partial charge in [-0.25, -0.2) is 4.99 Å². The van der Waals surface area contributed by atoms with E-state index < -0.39 is 5.54 Å². The van der Waals surface area contributed by atoms with E-state index >= 15 is 0 Å². The van der Waals surface area contributed by atoms with E-state index in [1.165, 1.54) is 0 Å². The monoisotopic (exact) mass is 435 g/mol. The number of aromatic nitrogens is 1. The normalized spacial score (nSPS) is 16.8. The van der Waals surface area contributed by atoms with Gasteiger partial charge >= 0.3 is 0 Å². The lowest BCUT2D eigenvalue weighted by Crippen LogP contribution is -2.25. The zero-order chi connectivity index (χ0) is 23.0. The van der Waals surface area contributed by atoms with Crippen molar-refractivity contribution in [3.05, 3.63) is 113 Å². The quantitative estimate of drug-likeness (QED) is 0.474. The van der Waals surface area contributed by atoms with E-state index in [1.807, 2.05) is 43.5 Å². The van der Waals surface area contributed by atoms with E-state index in [0.29, 0.717) is 11.6 Å². The predicted molar refractivity (Wildman–Crippen MR) is 131 cm³/mol. The largest absolute Gasteiger partial charge is 0.496 e. The number of methoxy groups -OCH3 is 2. The van der Waals surface area contributed by atoms with Gasteiger partial charge in [-0.3, -0.25) is 4.98 Å². The van der Waals surface area contributed by atoms with Gasteiger partial charge in [0.2, 0.25) is 0 Å². The maximum absolute atomic E-state index is 6.48. The summed E-state index contributed by atoms with van der Waals surface area (Å²) in [7, 11) is 3.33. The molecule has 3 aromatic carbocycles. The molecule has 0 radical (unpaired) electrons. The van der Waals surface area contributed by atoms with Crippen LogP contribution < -0.4 is 15.2 Å². The highest BCUT2D eigenvalue weighted by molar-refractivity contribution is 6.03. The summed E-state index contributed by atoms with van der Waals surface area (Å²) in [6.07, 6.45) is 3.54. The van der Waals surface area contributed by atoms with Crippen LogP contribution in [0.15, 0.2) is 90.2 Å². The van der Waals surface area contributed by atoms with Crippen LogP contribution in [0.3, 0.4) is 0 Å². The first-order valence-corrected chi connectivity index (χ1v) is 10.8. The number of aliphatic imine (C=N–C) groups is 1. The summed E-state index contributed by atoms with van der Waals surface area (Å²) in [5.74, 6) is 2.09. The second-order valence-electron chi connectivity index (χ2n) is 8.13. The molecule has 5 heteroatoms. The number of aryl methyl sites for hydroxylation is 1. The Kier molecular flexibility index (Phi) is 5.09. The lowest BCUT2D eigenvalue weighted by Gasteiger charge is -2.30. The summed E-state index contributed by atoms with van der Waals surface area (Å²) in [6.45, 7) is 2.04. The van der Waals surface area contributed by atoms with Crippen molar-refractivity contribution in [1.82, 2.24) is 4.98 Å². The molecule has 5 nitrogen and oxygen atoms in total. The number of fused-ring (bicyclic) bond motifs is 1. The average molecular weight is 436 g/mol. The fraction of sp³-hybridized carbons (Fsp3) is 0.143. The number of nitrogens with zero attached hydrogens (tertiary/aromatic N) is 2. The van der Waals surface area contributed by atoms with Crippen molar-refractivity contribution in [2.24, 2.45) is 10.7 Å². The molecule has 0 spiro atoms. The molecule has 164 valence electrons. The minimum atomic E-state index is -0.764. The first kappa shape index (κ1) is 20.8. The third-order valence-electron chi connectivity index (χ3n) is 6.26. The smallest absolute Gasteiger partial charge is 0.139 e. The maximum Gasteiger partial charge on any atom is 0.139 e. The van der Waals surface area contributed by atoms with Gasteiger partial charge in [-0.15, -0.1) is 0 Å². The van der Waals surface area contributed by atoms with Crippen LogP contribution in [0.4, 0.5) is 0 Å². The summed E-state index contributed by atoms with van der Waals surface area (Å²) in [6, 6.07) is 24.7. The van der Waals surface area contributed by atoms with Crippen LogP contribution >= 0.6 is 0 Å². The number of rotatable bonds is 5. The molecule has 2 heterocycles. The standard InChI is InChI=1S/C28H25N3O2/c1-18-13-22(11-12-26(18)33-3)28(25-10-5-4-9-24(25)27(29)31-28)21-8-6-7-19(14-21)20-15-23(32-2)17-30-16-20/h4-17H,1-3H3,(H2,29,31). The molecule has 1 aromatic heterocycles. The van der Waals surface area contributed by atoms with Crippen LogP contribution in [0.5, 0.6) is 11.5 Å². The Balaban J connectivity index is 1.76. The van der Waals surface area contributed by atoms with Crippen molar-refractivity contribution in [3.8, 4) is 22.6 Å².